The molecule has 2 heterocycles. The molecule has 1 fully saturated rings. The van der Waals surface area contributed by atoms with E-state index in [0.29, 0.717) is 11.4 Å². The number of fused-ring (bicyclic) bond motifs is 1. The summed E-state index contributed by atoms with van der Waals surface area (Å²) in [5.74, 6) is 0.789. The smallest absolute Gasteiger partial charge is 0.410 e. The van der Waals surface area contributed by atoms with Crippen LogP contribution in [0.15, 0.2) is 18.2 Å². The number of aromatic hydroxyl groups is 1. The molecule has 4 radical (unpaired) electrons. The van der Waals surface area contributed by atoms with Crippen LogP contribution in [0.3, 0.4) is 0 Å². The van der Waals surface area contributed by atoms with Crippen molar-refractivity contribution in [3.05, 3.63) is 18.2 Å². The van der Waals surface area contributed by atoms with Gasteiger partial charge in [0.25, 0.3) is 0 Å². The molecule has 6 nitrogen and oxygen atoms in total. The minimum Gasteiger partial charge on any atom is -0.508 e. The van der Waals surface area contributed by atoms with E-state index >= 15 is 0 Å². The van der Waals surface area contributed by atoms with Crippen LogP contribution in [0.1, 0.15) is 33.6 Å². The van der Waals surface area contributed by atoms with Crippen molar-refractivity contribution in [2.75, 3.05) is 25.0 Å². The van der Waals surface area contributed by atoms with Gasteiger partial charge in [0.1, 0.15) is 17.1 Å². The van der Waals surface area contributed by atoms with Gasteiger partial charge in [0.15, 0.2) is 0 Å². The van der Waals surface area contributed by atoms with Gasteiger partial charge < -0.3 is 24.8 Å². The van der Waals surface area contributed by atoms with Crippen molar-refractivity contribution in [2.45, 2.75) is 44.6 Å². The summed E-state index contributed by atoms with van der Waals surface area (Å²) in [4.78, 5) is 13.1. The summed E-state index contributed by atoms with van der Waals surface area (Å²) in [5, 5.41) is 11.0. The molecule has 3 rings (SSSR count). The van der Waals surface area contributed by atoms with Crippen molar-refractivity contribution in [2.24, 2.45) is 0 Å². The molecule has 132 valence electrons. The van der Waals surface area contributed by atoms with Crippen LogP contribution in [0.4, 0.5) is 10.5 Å². The number of likely N-dealkylation sites (tertiary alicyclic amines) is 1. The SMILES string of the molecule is CC(C)(C)OC(=O)N1CCCC1.[B]C1([B])COc2ccc(O)cc2N1. The molecule has 0 atom stereocenters. The van der Waals surface area contributed by atoms with E-state index in [2.05, 4.69) is 5.32 Å². The van der Waals surface area contributed by atoms with Crippen molar-refractivity contribution >= 4 is 27.5 Å². The van der Waals surface area contributed by atoms with Gasteiger partial charge in [-0.1, -0.05) is 0 Å². The van der Waals surface area contributed by atoms with Gasteiger partial charge in [0.2, 0.25) is 0 Å². The van der Waals surface area contributed by atoms with Crippen LogP contribution in [0.25, 0.3) is 0 Å². The lowest BCUT2D eigenvalue weighted by Crippen LogP contribution is -2.47. The Labute approximate surface area is 151 Å². The van der Waals surface area contributed by atoms with Crippen LogP contribution in [0.2, 0.25) is 0 Å². The molecule has 0 bridgehead atoms. The van der Waals surface area contributed by atoms with E-state index in [-0.39, 0.29) is 24.1 Å². The Kier molecular flexibility index (Phi) is 5.80. The molecule has 1 amide bonds. The number of carbonyl (C=O) groups excluding carboxylic acids is 1. The lowest BCUT2D eigenvalue weighted by Gasteiger charge is -2.34. The van der Waals surface area contributed by atoms with Gasteiger partial charge in [-0.05, 0) is 51.1 Å². The van der Waals surface area contributed by atoms with Gasteiger partial charge in [0.05, 0.1) is 28.0 Å². The zero-order chi connectivity index (χ0) is 18.7. The van der Waals surface area contributed by atoms with Gasteiger partial charge in [-0.25, -0.2) is 4.79 Å². The largest absolute Gasteiger partial charge is 0.508 e. The molecule has 0 saturated carbocycles. The average molecular weight is 342 g/mol. The first kappa shape index (κ1) is 19.3. The summed E-state index contributed by atoms with van der Waals surface area (Å²) in [6.45, 7) is 7.58. The quantitative estimate of drug-likeness (QED) is 0.708. The number of carbonyl (C=O) groups is 1. The molecule has 2 aliphatic heterocycles. The number of hydrogen-bond donors (Lipinski definition) is 2. The van der Waals surface area contributed by atoms with Crippen molar-refractivity contribution in [3.8, 4) is 11.5 Å². The van der Waals surface area contributed by atoms with Crippen LogP contribution < -0.4 is 10.1 Å². The minimum atomic E-state index is -1.07. The van der Waals surface area contributed by atoms with Gasteiger partial charge in [-0.2, -0.15) is 0 Å². The van der Waals surface area contributed by atoms with Crippen molar-refractivity contribution in [3.63, 3.8) is 0 Å². The van der Waals surface area contributed by atoms with Gasteiger partial charge in [-0.15, -0.1) is 0 Å². The zero-order valence-electron chi connectivity index (χ0n) is 15.0. The molecule has 2 N–H and O–H groups in total. The lowest BCUT2D eigenvalue weighted by molar-refractivity contribution is 0.0295. The van der Waals surface area contributed by atoms with Gasteiger partial charge in [-0.3, -0.25) is 0 Å². The maximum absolute atomic E-state index is 11.4. The van der Waals surface area contributed by atoms with Gasteiger partial charge >= 0.3 is 6.09 Å². The van der Waals surface area contributed by atoms with Crippen LogP contribution in [-0.4, -0.2) is 62.4 Å². The number of nitrogens with one attached hydrogen (secondary N) is 1. The van der Waals surface area contributed by atoms with Gasteiger partial charge in [0, 0.05) is 19.2 Å². The molecule has 2 aliphatic rings. The fourth-order valence-corrected chi connectivity index (χ4v) is 2.45. The standard InChI is InChI=1S/C9H17NO2.C8H7B2NO2/c1-9(2,3)12-8(11)10-6-4-5-7-10;9-8(10)4-13-7-2-1-5(12)3-6(7)11-8/h4-7H2,1-3H3;1-3,11-12H,4H2. The Morgan fingerprint density at radius 2 is 1.96 bits per heavy atom. The van der Waals surface area contributed by atoms with Crippen LogP contribution in [0, 0.1) is 0 Å². The topological polar surface area (TPSA) is 71.0 Å². The average Bonchev–Trinajstić information content (AvgIpc) is 2.99. The van der Waals surface area contributed by atoms with E-state index in [4.69, 9.17) is 25.2 Å². The Morgan fingerprint density at radius 1 is 1.32 bits per heavy atom. The molecule has 0 unspecified atom stereocenters. The molecule has 1 aromatic rings. The fraction of sp³-hybridized carbons (Fsp3) is 0.588. The first-order valence-electron chi connectivity index (χ1n) is 8.35. The highest BCUT2D eigenvalue weighted by molar-refractivity contribution is 6.42. The van der Waals surface area contributed by atoms with E-state index in [1.54, 1.807) is 17.0 Å². The highest BCUT2D eigenvalue weighted by Gasteiger charge is 2.25. The number of ether oxygens (including phenoxy) is 2. The number of phenolic OH excluding ortho intramolecular Hbond substituents is 1. The second-order valence-electron chi connectivity index (χ2n) is 7.31. The monoisotopic (exact) mass is 342 g/mol. The minimum absolute atomic E-state index is 0.146. The van der Waals surface area contributed by atoms with E-state index in [1.807, 2.05) is 20.8 Å². The second kappa shape index (κ2) is 7.50. The first-order chi connectivity index (χ1) is 11.6. The molecular weight excluding hydrogens is 318 g/mol. The summed E-state index contributed by atoms with van der Waals surface area (Å²) in [7, 11) is 11.2. The molecule has 8 heteroatoms. The zero-order valence-corrected chi connectivity index (χ0v) is 15.0. The Hall–Kier alpha value is -1.98. The summed E-state index contributed by atoms with van der Waals surface area (Å²) >= 11 is 0. The van der Waals surface area contributed by atoms with Crippen molar-refractivity contribution in [1.29, 1.82) is 0 Å². The number of amides is 1. The van der Waals surface area contributed by atoms with Crippen molar-refractivity contribution < 1.29 is 19.4 Å². The second-order valence-corrected chi connectivity index (χ2v) is 7.31. The van der Waals surface area contributed by atoms with Crippen LogP contribution in [0.5, 0.6) is 11.5 Å². The molecule has 1 aromatic carbocycles. The number of anilines is 1. The predicted octanol–water partition coefficient (Wildman–Crippen LogP) is 2.20. The molecule has 0 aromatic heterocycles. The van der Waals surface area contributed by atoms with Crippen molar-refractivity contribution in [1.82, 2.24) is 4.90 Å². The number of hydrogen-bond acceptors (Lipinski definition) is 5. The lowest BCUT2D eigenvalue weighted by atomic mass is 9.62. The fourth-order valence-electron chi connectivity index (χ4n) is 2.45. The summed E-state index contributed by atoms with van der Waals surface area (Å²) in [5.41, 5.74) is 0.246. The molecule has 0 spiro atoms. The highest BCUT2D eigenvalue weighted by Crippen LogP contribution is 2.33. The molecular formula is C17H24B2N2O4. The van der Waals surface area contributed by atoms with E-state index in [9.17, 15) is 9.90 Å². The normalized spacial score (nSPS) is 18.1. The number of rotatable bonds is 0. The third kappa shape index (κ3) is 6.11. The number of nitrogens with zero attached hydrogens (tertiary/aromatic N) is 1. The number of phenols is 1. The summed E-state index contributed by atoms with van der Waals surface area (Å²) < 4.78 is 10.5. The van der Waals surface area contributed by atoms with Crippen LogP contribution >= 0.6 is 0 Å². The number of benzene rings is 1. The maximum Gasteiger partial charge on any atom is 0.410 e. The first-order valence-corrected chi connectivity index (χ1v) is 8.35. The third-order valence-electron chi connectivity index (χ3n) is 3.55. The third-order valence-corrected chi connectivity index (χ3v) is 3.55. The Bertz CT molecular complexity index is 611. The predicted molar refractivity (Wildman–Crippen MR) is 98.5 cm³/mol. The summed E-state index contributed by atoms with van der Waals surface area (Å²) in [6, 6.07) is 4.72. The summed E-state index contributed by atoms with van der Waals surface area (Å²) in [6.07, 6.45) is 2.05. The van der Waals surface area contributed by atoms with E-state index in [0.717, 1.165) is 25.9 Å². The molecule has 0 aliphatic carbocycles. The van der Waals surface area contributed by atoms with Crippen LogP contribution in [-0.2, 0) is 4.74 Å². The Morgan fingerprint density at radius 3 is 2.56 bits per heavy atom. The van der Waals surface area contributed by atoms with E-state index < -0.39 is 5.34 Å². The highest BCUT2D eigenvalue weighted by atomic mass is 16.6. The maximum atomic E-state index is 11.4. The Balaban J connectivity index is 0.000000181. The molecule has 1 saturated heterocycles. The van der Waals surface area contributed by atoms with E-state index in [1.165, 1.54) is 6.07 Å². The molecule has 25 heavy (non-hydrogen) atoms.